The van der Waals surface area contributed by atoms with Crippen molar-refractivity contribution in [2.75, 3.05) is 0 Å². The average molecular weight is 194 g/mol. The van der Waals surface area contributed by atoms with Gasteiger partial charge in [-0.15, -0.1) is 0 Å². The van der Waals surface area contributed by atoms with E-state index in [1.807, 2.05) is 18.2 Å². The first-order valence-electron chi connectivity index (χ1n) is 4.52. The van der Waals surface area contributed by atoms with Gasteiger partial charge in [0.05, 0.1) is 11.6 Å². The fourth-order valence-corrected chi connectivity index (χ4v) is 1.21. The molecule has 0 aliphatic carbocycles. The van der Waals surface area contributed by atoms with Crippen molar-refractivity contribution in [3.05, 3.63) is 60.2 Å². The molecule has 0 amide bonds. The van der Waals surface area contributed by atoms with Crippen molar-refractivity contribution in [1.29, 1.82) is 5.26 Å². The molecule has 0 fully saturated rings. The number of benzene rings is 2. The highest BCUT2D eigenvalue weighted by Crippen LogP contribution is 2.21. The number of nitriles is 1. The minimum Gasteiger partial charge on any atom is -0.457 e. The molecule has 0 N–H and O–H groups in total. The third-order valence-corrected chi connectivity index (χ3v) is 1.88. The van der Waals surface area contributed by atoms with Gasteiger partial charge in [0.25, 0.3) is 0 Å². The highest BCUT2D eigenvalue weighted by atomic mass is 16.5. The Labute approximate surface area is 88.4 Å². The van der Waals surface area contributed by atoms with Crippen molar-refractivity contribution < 1.29 is 4.74 Å². The van der Waals surface area contributed by atoms with Crippen LogP contribution >= 0.6 is 0 Å². The van der Waals surface area contributed by atoms with E-state index in [0.717, 1.165) is 0 Å². The molecular formula is C13H8NO. The zero-order valence-electron chi connectivity index (χ0n) is 7.97. The summed E-state index contributed by atoms with van der Waals surface area (Å²) in [5.41, 5.74) is 0.590. The van der Waals surface area contributed by atoms with Crippen molar-refractivity contribution >= 4 is 0 Å². The van der Waals surface area contributed by atoms with Crippen molar-refractivity contribution in [1.82, 2.24) is 0 Å². The van der Waals surface area contributed by atoms with Gasteiger partial charge in [-0.2, -0.15) is 5.26 Å². The molecule has 15 heavy (non-hydrogen) atoms. The van der Waals surface area contributed by atoms with Crippen molar-refractivity contribution in [3.63, 3.8) is 0 Å². The van der Waals surface area contributed by atoms with Gasteiger partial charge in [0.15, 0.2) is 0 Å². The summed E-state index contributed by atoms with van der Waals surface area (Å²) in [5, 5.41) is 8.72. The van der Waals surface area contributed by atoms with Gasteiger partial charge in [-0.05, 0) is 36.4 Å². The van der Waals surface area contributed by atoms with E-state index in [2.05, 4.69) is 12.1 Å². The van der Waals surface area contributed by atoms with Gasteiger partial charge >= 0.3 is 0 Å². The van der Waals surface area contributed by atoms with Crippen LogP contribution in [-0.4, -0.2) is 0 Å². The lowest BCUT2D eigenvalue weighted by Crippen LogP contribution is -1.84. The third-order valence-electron chi connectivity index (χ3n) is 1.88. The number of nitrogens with zero attached hydrogens (tertiary/aromatic N) is 1. The van der Waals surface area contributed by atoms with Crippen LogP contribution in [0.1, 0.15) is 5.56 Å². The van der Waals surface area contributed by atoms with Gasteiger partial charge < -0.3 is 4.74 Å². The molecule has 0 saturated carbocycles. The van der Waals surface area contributed by atoms with E-state index in [9.17, 15) is 0 Å². The van der Waals surface area contributed by atoms with Gasteiger partial charge in [0.2, 0.25) is 0 Å². The second kappa shape index (κ2) is 4.30. The first kappa shape index (κ1) is 9.29. The van der Waals surface area contributed by atoms with Crippen LogP contribution in [0.5, 0.6) is 11.5 Å². The lowest BCUT2D eigenvalue weighted by molar-refractivity contribution is 0.482. The standard InChI is InChI=1S/C13H8NO/c14-10-11-5-4-8-13(9-11)15-12-6-2-1-3-7-12/h1-2,4-9H. The fourth-order valence-electron chi connectivity index (χ4n) is 1.21. The SMILES string of the molecule is N#Cc1cccc(Oc2c[c]ccc2)c1. The fraction of sp³-hybridized carbons (Fsp3) is 0. The minimum absolute atomic E-state index is 0.590. The first-order valence-corrected chi connectivity index (χ1v) is 4.52. The summed E-state index contributed by atoms with van der Waals surface area (Å²) in [5.74, 6) is 1.38. The molecule has 0 unspecified atom stereocenters. The van der Waals surface area contributed by atoms with E-state index in [1.54, 1.807) is 30.3 Å². The van der Waals surface area contributed by atoms with E-state index < -0.39 is 0 Å². The average Bonchev–Trinajstić information content (AvgIpc) is 2.31. The summed E-state index contributed by atoms with van der Waals surface area (Å²) in [6, 6.07) is 19.3. The van der Waals surface area contributed by atoms with Gasteiger partial charge in [-0.25, -0.2) is 0 Å². The van der Waals surface area contributed by atoms with E-state index in [1.165, 1.54) is 0 Å². The molecule has 0 heterocycles. The van der Waals surface area contributed by atoms with Crippen LogP contribution in [0, 0.1) is 17.4 Å². The molecule has 0 aliphatic heterocycles. The van der Waals surface area contributed by atoms with Crippen molar-refractivity contribution in [3.8, 4) is 17.6 Å². The summed E-state index contributed by atoms with van der Waals surface area (Å²) < 4.78 is 5.54. The van der Waals surface area contributed by atoms with Gasteiger partial charge in [0.1, 0.15) is 11.5 Å². The zero-order valence-corrected chi connectivity index (χ0v) is 7.97. The largest absolute Gasteiger partial charge is 0.457 e. The van der Waals surface area contributed by atoms with E-state index in [4.69, 9.17) is 10.00 Å². The van der Waals surface area contributed by atoms with E-state index in [0.29, 0.717) is 17.1 Å². The molecule has 2 rings (SSSR count). The Morgan fingerprint density at radius 2 is 2.00 bits per heavy atom. The Hall–Kier alpha value is -2.27. The molecule has 1 radical (unpaired) electrons. The summed E-state index contributed by atoms with van der Waals surface area (Å²) in [6.45, 7) is 0. The van der Waals surface area contributed by atoms with E-state index in [-0.39, 0.29) is 0 Å². The van der Waals surface area contributed by atoms with Gasteiger partial charge in [-0.3, -0.25) is 0 Å². The minimum atomic E-state index is 0.590. The van der Waals surface area contributed by atoms with Crippen LogP contribution in [0.25, 0.3) is 0 Å². The summed E-state index contributed by atoms with van der Waals surface area (Å²) in [6.07, 6.45) is 0. The maximum Gasteiger partial charge on any atom is 0.128 e. The van der Waals surface area contributed by atoms with Gasteiger partial charge in [0, 0.05) is 0 Å². The Kier molecular flexibility index (Phi) is 2.66. The molecule has 0 atom stereocenters. The number of hydrogen-bond acceptors (Lipinski definition) is 2. The van der Waals surface area contributed by atoms with Crippen LogP contribution in [0.3, 0.4) is 0 Å². The Balaban J connectivity index is 2.22. The monoisotopic (exact) mass is 194 g/mol. The molecule has 2 aromatic rings. The lowest BCUT2D eigenvalue weighted by atomic mass is 10.2. The second-order valence-corrected chi connectivity index (χ2v) is 2.98. The summed E-state index contributed by atoms with van der Waals surface area (Å²) >= 11 is 0. The molecule has 0 bridgehead atoms. The van der Waals surface area contributed by atoms with Crippen LogP contribution in [0.2, 0.25) is 0 Å². The quantitative estimate of drug-likeness (QED) is 0.735. The molecule has 71 valence electrons. The van der Waals surface area contributed by atoms with Crippen LogP contribution < -0.4 is 4.74 Å². The highest BCUT2D eigenvalue weighted by Gasteiger charge is 1.97. The molecule has 2 nitrogen and oxygen atoms in total. The highest BCUT2D eigenvalue weighted by molar-refractivity contribution is 5.38. The molecule has 2 heteroatoms. The van der Waals surface area contributed by atoms with Crippen molar-refractivity contribution in [2.24, 2.45) is 0 Å². The molecule has 0 saturated heterocycles. The van der Waals surface area contributed by atoms with Crippen LogP contribution in [0.15, 0.2) is 48.5 Å². The molecule has 0 aliphatic rings. The van der Waals surface area contributed by atoms with Crippen LogP contribution in [-0.2, 0) is 0 Å². The Morgan fingerprint density at radius 3 is 2.73 bits per heavy atom. The van der Waals surface area contributed by atoms with E-state index >= 15 is 0 Å². The molecular weight excluding hydrogens is 186 g/mol. The lowest BCUT2D eigenvalue weighted by Gasteiger charge is -2.04. The van der Waals surface area contributed by atoms with Gasteiger partial charge in [-0.1, -0.05) is 18.2 Å². The molecule has 0 spiro atoms. The maximum absolute atomic E-state index is 8.72. The maximum atomic E-state index is 8.72. The summed E-state index contributed by atoms with van der Waals surface area (Å²) in [7, 11) is 0. The number of hydrogen-bond donors (Lipinski definition) is 0. The summed E-state index contributed by atoms with van der Waals surface area (Å²) in [4.78, 5) is 0. The topological polar surface area (TPSA) is 33.0 Å². The first-order chi connectivity index (χ1) is 7.38. The predicted octanol–water partition coefficient (Wildman–Crippen LogP) is 3.15. The smallest absolute Gasteiger partial charge is 0.128 e. The predicted molar refractivity (Wildman–Crippen MR) is 56.5 cm³/mol. The Morgan fingerprint density at radius 1 is 1.13 bits per heavy atom. The normalized spacial score (nSPS) is 9.27. The van der Waals surface area contributed by atoms with Crippen LogP contribution in [0.4, 0.5) is 0 Å². The second-order valence-electron chi connectivity index (χ2n) is 2.98. The number of rotatable bonds is 2. The van der Waals surface area contributed by atoms with Crippen molar-refractivity contribution in [2.45, 2.75) is 0 Å². The zero-order chi connectivity index (χ0) is 10.5. The Bertz CT molecular complexity index is 485. The third kappa shape index (κ3) is 2.35. The number of ether oxygens (including phenoxy) is 1. The molecule has 0 aromatic heterocycles. The molecule has 2 aromatic carbocycles.